The predicted molar refractivity (Wildman–Crippen MR) is 52.5 cm³/mol. The number of nitro benzene ring substituents is 1. The van der Waals surface area contributed by atoms with Crippen LogP contribution in [0, 0.1) is 10.1 Å². The van der Waals surface area contributed by atoms with Gasteiger partial charge in [-0.2, -0.15) is 0 Å². The van der Waals surface area contributed by atoms with E-state index >= 15 is 0 Å². The average molecular weight is 228 g/mol. The Kier molecular flexibility index (Phi) is 3.90. The van der Waals surface area contributed by atoms with E-state index in [1.807, 2.05) is 0 Å². The van der Waals surface area contributed by atoms with Crippen LogP contribution in [0.3, 0.4) is 0 Å². The molecular weight excluding hydrogens is 219 g/mol. The molecule has 6 nitrogen and oxygen atoms in total. The monoisotopic (exact) mass is 228 g/mol. The van der Waals surface area contributed by atoms with Crippen molar-refractivity contribution in [2.24, 2.45) is 0 Å². The summed E-state index contributed by atoms with van der Waals surface area (Å²) in [5, 5.41) is 19.2. The largest absolute Gasteiger partial charge is 0.480 e. The summed E-state index contributed by atoms with van der Waals surface area (Å²) in [5.41, 5.74) is 1.05. The SMILES string of the molecule is O=C(O)C(Cc1ccccc1[N+](=O)[O-])NF. The zero-order chi connectivity index (χ0) is 12.1. The minimum absolute atomic E-state index is 0.171. The molecule has 0 radical (unpaired) electrons. The summed E-state index contributed by atoms with van der Waals surface area (Å²) in [5.74, 6) is -1.40. The number of rotatable bonds is 5. The molecule has 1 rings (SSSR count). The molecule has 0 saturated heterocycles. The zero-order valence-corrected chi connectivity index (χ0v) is 8.09. The first kappa shape index (κ1) is 12.1. The van der Waals surface area contributed by atoms with Gasteiger partial charge in [-0.25, -0.2) is 0 Å². The van der Waals surface area contributed by atoms with Crippen LogP contribution >= 0.6 is 0 Å². The minimum atomic E-state index is -1.49. The quantitative estimate of drug-likeness (QED) is 0.446. The van der Waals surface area contributed by atoms with Gasteiger partial charge in [0.2, 0.25) is 0 Å². The average Bonchev–Trinajstić information content (AvgIpc) is 2.25. The summed E-state index contributed by atoms with van der Waals surface area (Å²) in [6, 6.07) is 4.14. The molecule has 16 heavy (non-hydrogen) atoms. The lowest BCUT2D eigenvalue weighted by Gasteiger charge is -2.08. The van der Waals surface area contributed by atoms with Crippen molar-refractivity contribution in [1.29, 1.82) is 0 Å². The van der Waals surface area contributed by atoms with Gasteiger partial charge in [0.25, 0.3) is 5.69 Å². The van der Waals surface area contributed by atoms with Crippen LogP contribution in [-0.4, -0.2) is 22.0 Å². The first-order chi connectivity index (χ1) is 7.56. The van der Waals surface area contributed by atoms with Gasteiger partial charge in [0.1, 0.15) is 6.04 Å². The Labute approximate surface area is 89.8 Å². The van der Waals surface area contributed by atoms with Crippen LogP contribution in [0.1, 0.15) is 5.56 Å². The van der Waals surface area contributed by atoms with Gasteiger partial charge in [0.15, 0.2) is 0 Å². The van der Waals surface area contributed by atoms with Crippen molar-refractivity contribution in [1.82, 2.24) is 5.54 Å². The van der Waals surface area contributed by atoms with Crippen molar-refractivity contribution in [2.45, 2.75) is 12.5 Å². The molecular formula is C9H9FN2O4. The Morgan fingerprint density at radius 1 is 1.56 bits per heavy atom. The van der Waals surface area contributed by atoms with Gasteiger partial charge in [-0.3, -0.25) is 14.9 Å². The lowest BCUT2D eigenvalue weighted by Crippen LogP contribution is -2.33. The molecule has 0 aliphatic heterocycles. The Morgan fingerprint density at radius 2 is 2.19 bits per heavy atom. The third-order valence-electron chi connectivity index (χ3n) is 2.04. The highest BCUT2D eigenvalue weighted by molar-refractivity contribution is 5.74. The van der Waals surface area contributed by atoms with Crippen LogP contribution in [0.25, 0.3) is 0 Å². The molecule has 0 spiro atoms. The van der Waals surface area contributed by atoms with Crippen molar-refractivity contribution in [3.63, 3.8) is 0 Å². The molecule has 1 atom stereocenters. The number of nitrogens with one attached hydrogen (secondary N) is 1. The van der Waals surface area contributed by atoms with Crippen LogP contribution in [0.5, 0.6) is 0 Å². The smallest absolute Gasteiger partial charge is 0.323 e. The Hall–Kier alpha value is -2.02. The molecule has 2 N–H and O–H groups in total. The third-order valence-corrected chi connectivity index (χ3v) is 2.04. The summed E-state index contributed by atoms with van der Waals surface area (Å²) < 4.78 is 12.1. The second kappa shape index (κ2) is 5.17. The maximum Gasteiger partial charge on any atom is 0.323 e. The number of hydrogen-bond acceptors (Lipinski definition) is 4. The first-order valence-electron chi connectivity index (χ1n) is 4.37. The second-order valence-corrected chi connectivity index (χ2v) is 3.09. The van der Waals surface area contributed by atoms with Crippen LogP contribution in [-0.2, 0) is 11.2 Å². The lowest BCUT2D eigenvalue weighted by molar-refractivity contribution is -0.385. The Balaban J connectivity index is 2.95. The molecule has 0 fully saturated rings. The zero-order valence-electron chi connectivity index (χ0n) is 8.09. The summed E-state index contributed by atoms with van der Waals surface area (Å²) in [4.78, 5) is 20.5. The number of carboxylic acids is 1. The van der Waals surface area contributed by atoms with E-state index in [4.69, 9.17) is 5.11 Å². The van der Waals surface area contributed by atoms with E-state index in [0.29, 0.717) is 0 Å². The van der Waals surface area contributed by atoms with E-state index in [1.54, 1.807) is 0 Å². The fourth-order valence-electron chi connectivity index (χ4n) is 1.25. The molecule has 0 saturated carbocycles. The van der Waals surface area contributed by atoms with E-state index in [2.05, 4.69) is 0 Å². The number of carboxylic acid groups (broad SMARTS) is 1. The number of carbonyl (C=O) groups is 1. The van der Waals surface area contributed by atoms with Gasteiger partial charge in [-0.15, -0.1) is 10.0 Å². The number of aliphatic carboxylic acids is 1. The molecule has 0 amide bonds. The highest BCUT2D eigenvalue weighted by Gasteiger charge is 2.22. The van der Waals surface area contributed by atoms with Gasteiger partial charge in [-0.05, 0) is 0 Å². The van der Waals surface area contributed by atoms with E-state index in [-0.39, 0.29) is 17.7 Å². The molecule has 0 heterocycles. The van der Waals surface area contributed by atoms with Crippen molar-refractivity contribution < 1.29 is 19.3 Å². The summed E-state index contributed by atoms with van der Waals surface area (Å²) in [6.07, 6.45) is -0.289. The standard InChI is InChI=1S/C9H9FN2O4/c10-11-7(9(13)14)5-6-3-1-2-4-8(6)12(15)16/h1-4,7,11H,5H2,(H,13,14). The number of para-hydroxylation sites is 1. The van der Waals surface area contributed by atoms with Gasteiger partial charge in [0.05, 0.1) is 4.92 Å². The predicted octanol–water partition coefficient (Wildman–Crippen LogP) is 1.06. The van der Waals surface area contributed by atoms with Gasteiger partial charge in [0, 0.05) is 18.1 Å². The van der Waals surface area contributed by atoms with Crippen molar-refractivity contribution in [3.05, 3.63) is 39.9 Å². The third kappa shape index (κ3) is 2.74. The van der Waals surface area contributed by atoms with Crippen LogP contribution in [0.2, 0.25) is 0 Å². The number of halogens is 1. The van der Waals surface area contributed by atoms with E-state index in [9.17, 15) is 19.4 Å². The highest BCUT2D eigenvalue weighted by atomic mass is 19.2. The van der Waals surface area contributed by atoms with E-state index < -0.39 is 16.9 Å². The molecule has 1 aromatic rings. The van der Waals surface area contributed by atoms with Crippen LogP contribution in [0.4, 0.5) is 10.2 Å². The Morgan fingerprint density at radius 3 is 2.69 bits per heavy atom. The molecule has 1 unspecified atom stereocenters. The highest BCUT2D eigenvalue weighted by Crippen LogP contribution is 2.19. The maximum atomic E-state index is 12.1. The number of benzene rings is 1. The van der Waals surface area contributed by atoms with E-state index in [0.717, 1.165) is 5.54 Å². The Bertz CT molecular complexity index is 410. The summed E-state index contributed by atoms with van der Waals surface area (Å²) in [6.45, 7) is 0. The number of hydrogen-bond donors (Lipinski definition) is 2. The van der Waals surface area contributed by atoms with Crippen molar-refractivity contribution in [3.8, 4) is 0 Å². The summed E-state index contributed by atoms with van der Waals surface area (Å²) >= 11 is 0. The fraction of sp³-hybridized carbons (Fsp3) is 0.222. The van der Waals surface area contributed by atoms with Gasteiger partial charge >= 0.3 is 5.97 Å². The van der Waals surface area contributed by atoms with Gasteiger partial charge in [-0.1, -0.05) is 18.2 Å². The second-order valence-electron chi connectivity index (χ2n) is 3.09. The molecule has 86 valence electrons. The number of nitro groups is 1. The molecule has 0 aliphatic carbocycles. The van der Waals surface area contributed by atoms with Crippen LogP contribution in [0.15, 0.2) is 24.3 Å². The molecule has 0 aromatic heterocycles. The fourth-order valence-corrected chi connectivity index (χ4v) is 1.25. The molecule has 1 aromatic carbocycles. The first-order valence-corrected chi connectivity index (χ1v) is 4.37. The topological polar surface area (TPSA) is 92.5 Å². The van der Waals surface area contributed by atoms with Gasteiger partial charge < -0.3 is 5.11 Å². The van der Waals surface area contributed by atoms with Crippen molar-refractivity contribution >= 4 is 11.7 Å². The van der Waals surface area contributed by atoms with Crippen LogP contribution < -0.4 is 5.54 Å². The molecule has 7 heteroatoms. The minimum Gasteiger partial charge on any atom is -0.480 e. The van der Waals surface area contributed by atoms with E-state index in [1.165, 1.54) is 24.3 Å². The van der Waals surface area contributed by atoms with Crippen molar-refractivity contribution in [2.75, 3.05) is 0 Å². The lowest BCUT2D eigenvalue weighted by atomic mass is 10.0. The molecule has 0 aliphatic rings. The summed E-state index contributed by atoms with van der Waals surface area (Å²) in [7, 11) is 0. The maximum absolute atomic E-state index is 12.1. The molecule has 0 bridgehead atoms. The number of nitrogens with zero attached hydrogens (tertiary/aromatic N) is 1. The normalized spacial score (nSPS) is 12.1.